The molecule has 0 saturated heterocycles. The maximum atomic E-state index is 11.8. The standard InChI is InChI=1S/C16H16BrNO3/c17-13-2-1-3-15(10-13)21-11-16(20)18-14-6-4-12(5-7-14)8-9-19/h1-7,10,19H,8-9,11H2,(H,18,20). The number of benzene rings is 2. The van der Waals surface area contributed by atoms with E-state index >= 15 is 0 Å². The summed E-state index contributed by atoms with van der Waals surface area (Å²) < 4.78 is 6.31. The molecular weight excluding hydrogens is 334 g/mol. The summed E-state index contributed by atoms with van der Waals surface area (Å²) in [5, 5.41) is 11.6. The highest BCUT2D eigenvalue weighted by atomic mass is 79.9. The highest BCUT2D eigenvalue weighted by Gasteiger charge is 2.04. The van der Waals surface area contributed by atoms with Crippen LogP contribution in [0.25, 0.3) is 0 Å². The molecule has 2 aromatic carbocycles. The number of amides is 1. The Balaban J connectivity index is 1.84. The summed E-state index contributed by atoms with van der Waals surface area (Å²) in [7, 11) is 0. The number of aliphatic hydroxyl groups is 1. The number of anilines is 1. The summed E-state index contributed by atoms with van der Waals surface area (Å²) in [6.45, 7) is 0.0705. The molecule has 0 atom stereocenters. The van der Waals surface area contributed by atoms with Gasteiger partial charge in [0.2, 0.25) is 0 Å². The molecular formula is C16H16BrNO3. The van der Waals surface area contributed by atoms with Crippen molar-refractivity contribution in [1.82, 2.24) is 0 Å². The number of hydrogen-bond donors (Lipinski definition) is 2. The highest BCUT2D eigenvalue weighted by molar-refractivity contribution is 9.10. The zero-order chi connectivity index (χ0) is 15.1. The van der Waals surface area contributed by atoms with Gasteiger partial charge in [-0.1, -0.05) is 34.1 Å². The molecule has 0 saturated carbocycles. The maximum absolute atomic E-state index is 11.8. The third kappa shape index (κ3) is 5.21. The van der Waals surface area contributed by atoms with Gasteiger partial charge in [0.15, 0.2) is 6.61 Å². The van der Waals surface area contributed by atoms with E-state index in [-0.39, 0.29) is 19.1 Å². The molecule has 0 radical (unpaired) electrons. The Kier molecular flexibility index (Phi) is 5.78. The summed E-state index contributed by atoms with van der Waals surface area (Å²) in [5.41, 5.74) is 1.74. The second-order valence-corrected chi connectivity index (χ2v) is 5.38. The number of ether oxygens (including phenoxy) is 1. The van der Waals surface area contributed by atoms with Gasteiger partial charge in [0.25, 0.3) is 5.91 Å². The average molecular weight is 350 g/mol. The molecule has 21 heavy (non-hydrogen) atoms. The van der Waals surface area contributed by atoms with E-state index in [2.05, 4.69) is 21.2 Å². The molecule has 0 bridgehead atoms. The lowest BCUT2D eigenvalue weighted by atomic mass is 10.1. The van der Waals surface area contributed by atoms with Gasteiger partial charge < -0.3 is 15.2 Å². The Morgan fingerprint density at radius 3 is 2.62 bits per heavy atom. The lowest BCUT2D eigenvalue weighted by Gasteiger charge is -2.08. The first kappa shape index (κ1) is 15.5. The SMILES string of the molecule is O=C(COc1cccc(Br)c1)Nc1ccc(CCO)cc1. The zero-order valence-electron chi connectivity index (χ0n) is 11.4. The summed E-state index contributed by atoms with van der Waals surface area (Å²) in [6, 6.07) is 14.7. The van der Waals surface area contributed by atoms with Crippen LogP contribution in [-0.4, -0.2) is 24.2 Å². The monoisotopic (exact) mass is 349 g/mol. The summed E-state index contributed by atoms with van der Waals surface area (Å²) in [4.78, 5) is 11.8. The highest BCUT2D eigenvalue weighted by Crippen LogP contribution is 2.17. The molecule has 2 aromatic rings. The minimum atomic E-state index is -0.218. The quantitative estimate of drug-likeness (QED) is 0.842. The van der Waals surface area contributed by atoms with Crippen LogP contribution in [0, 0.1) is 0 Å². The largest absolute Gasteiger partial charge is 0.484 e. The summed E-state index contributed by atoms with van der Waals surface area (Å²) in [5.74, 6) is 0.419. The van der Waals surface area contributed by atoms with E-state index in [0.29, 0.717) is 17.9 Å². The van der Waals surface area contributed by atoms with Gasteiger partial charge in [0.1, 0.15) is 5.75 Å². The topological polar surface area (TPSA) is 58.6 Å². The fourth-order valence-corrected chi connectivity index (χ4v) is 2.16. The summed E-state index contributed by atoms with van der Waals surface area (Å²) in [6.07, 6.45) is 0.611. The van der Waals surface area contributed by atoms with Gasteiger partial charge in [-0.25, -0.2) is 0 Å². The van der Waals surface area contributed by atoms with Crippen LogP contribution in [0.1, 0.15) is 5.56 Å². The molecule has 0 spiro atoms. The lowest BCUT2D eigenvalue weighted by molar-refractivity contribution is -0.118. The molecule has 0 heterocycles. The average Bonchev–Trinajstić information content (AvgIpc) is 2.48. The molecule has 110 valence electrons. The van der Waals surface area contributed by atoms with E-state index in [1.165, 1.54) is 0 Å². The van der Waals surface area contributed by atoms with Gasteiger partial charge in [-0.2, -0.15) is 0 Å². The van der Waals surface area contributed by atoms with Gasteiger partial charge >= 0.3 is 0 Å². The molecule has 0 aliphatic heterocycles. The molecule has 5 heteroatoms. The Morgan fingerprint density at radius 1 is 1.19 bits per heavy atom. The van der Waals surface area contributed by atoms with Crippen LogP contribution >= 0.6 is 15.9 Å². The number of hydrogen-bond acceptors (Lipinski definition) is 3. The van der Waals surface area contributed by atoms with Crippen LogP contribution in [0.3, 0.4) is 0 Å². The van der Waals surface area contributed by atoms with Crippen LogP contribution in [-0.2, 0) is 11.2 Å². The number of carbonyl (C=O) groups is 1. The van der Waals surface area contributed by atoms with Crippen molar-refractivity contribution in [3.05, 3.63) is 58.6 Å². The van der Waals surface area contributed by atoms with Crippen LogP contribution in [0.2, 0.25) is 0 Å². The van der Waals surface area contributed by atoms with Crippen LogP contribution in [0.4, 0.5) is 5.69 Å². The van der Waals surface area contributed by atoms with Crippen molar-refractivity contribution in [3.63, 3.8) is 0 Å². The number of nitrogens with one attached hydrogen (secondary N) is 1. The van der Waals surface area contributed by atoms with Crippen molar-refractivity contribution in [2.75, 3.05) is 18.5 Å². The lowest BCUT2D eigenvalue weighted by Crippen LogP contribution is -2.20. The van der Waals surface area contributed by atoms with E-state index in [0.717, 1.165) is 10.0 Å². The van der Waals surface area contributed by atoms with E-state index in [1.54, 1.807) is 12.1 Å². The van der Waals surface area contributed by atoms with Crippen molar-refractivity contribution >= 4 is 27.5 Å². The van der Waals surface area contributed by atoms with Gasteiger partial charge in [-0.3, -0.25) is 4.79 Å². The Bertz CT molecular complexity index is 599. The zero-order valence-corrected chi connectivity index (χ0v) is 13.0. The molecule has 0 aliphatic rings. The van der Waals surface area contributed by atoms with E-state index in [4.69, 9.17) is 9.84 Å². The van der Waals surface area contributed by atoms with Crippen LogP contribution in [0.15, 0.2) is 53.0 Å². The first-order valence-corrected chi connectivity index (χ1v) is 7.34. The van der Waals surface area contributed by atoms with E-state index < -0.39 is 0 Å². The van der Waals surface area contributed by atoms with Gasteiger partial charge in [-0.05, 0) is 42.3 Å². The predicted octanol–water partition coefficient (Wildman–Crippen LogP) is 3.00. The molecule has 1 amide bonds. The van der Waals surface area contributed by atoms with Crippen LogP contribution in [0.5, 0.6) is 5.75 Å². The summed E-state index contributed by atoms with van der Waals surface area (Å²) >= 11 is 3.34. The second-order valence-electron chi connectivity index (χ2n) is 4.46. The molecule has 0 aromatic heterocycles. The molecule has 0 aliphatic carbocycles. The fraction of sp³-hybridized carbons (Fsp3) is 0.188. The Morgan fingerprint density at radius 2 is 1.95 bits per heavy atom. The smallest absolute Gasteiger partial charge is 0.262 e. The van der Waals surface area contributed by atoms with E-state index in [1.807, 2.05) is 36.4 Å². The van der Waals surface area contributed by atoms with Crippen molar-refractivity contribution < 1.29 is 14.6 Å². The molecule has 4 nitrogen and oxygen atoms in total. The Labute approximate surface area is 131 Å². The number of aliphatic hydroxyl groups excluding tert-OH is 1. The predicted molar refractivity (Wildman–Crippen MR) is 85.5 cm³/mol. The minimum Gasteiger partial charge on any atom is -0.484 e. The van der Waals surface area contributed by atoms with Crippen molar-refractivity contribution in [2.24, 2.45) is 0 Å². The molecule has 2 rings (SSSR count). The minimum absolute atomic E-state index is 0.0468. The van der Waals surface area contributed by atoms with Gasteiger partial charge in [0.05, 0.1) is 0 Å². The molecule has 2 N–H and O–H groups in total. The first-order valence-electron chi connectivity index (χ1n) is 6.55. The first-order chi connectivity index (χ1) is 10.2. The van der Waals surface area contributed by atoms with Crippen molar-refractivity contribution in [1.29, 1.82) is 0 Å². The number of rotatable bonds is 6. The Hall–Kier alpha value is -1.85. The molecule has 0 unspecified atom stereocenters. The van der Waals surface area contributed by atoms with E-state index in [9.17, 15) is 4.79 Å². The third-order valence-corrected chi connectivity index (χ3v) is 3.30. The normalized spacial score (nSPS) is 10.2. The maximum Gasteiger partial charge on any atom is 0.262 e. The second kappa shape index (κ2) is 7.81. The van der Waals surface area contributed by atoms with Crippen molar-refractivity contribution in [3.8, 4) is 5.75 Å². The molecule has 0 fully saturated rings. The number of halogens is 1. The number of carbonyl (C=O) groups excluding carboxylic acids is 1. The third-order valence-electron chi connectivity index (χ3n) is 2.80. The van der Waals surface area contributed by atoms with Crippen molar-refractivity contribution in [2.45, 2.75) is 6.42 Å². The van der Waals surface area contributed by atoms with Gasteiger partial charge in [0, 0.05) is 16.8 Å². The van der Waals surface area contributed by atoms with Crippen LogP contribution < -0.4 is 10.1 Å². The fourth-order valence-electron chi connectivity index (χ4n) is 1.79. The van der Waals surface area contributed by atoms with Gasteiger partial charge in [-0.15, -0.1) is 0 Å².